The molecule has 0 aliphatic carbocycles. The first kappa shape index (κ1) is 19.3. The lowest BCUT2D eigenvalue weighted by Gasteiger charge is -2.34. The van der Waals surface area contributed by atoms with Crippen molar-refractivity contribution in [3.63, 3.8) is 0 Å². The van der Waals surface area contributed by atoms with Crippen LogP contribution in [-0.4, -0.2) is 53.4 Å². The van der Waals surface area contributed by atoms with Crippen molar-refractivity contribution in [2.45, 2.75) is 12.7 Å². The largest absolute Gasteiger partial charge is 0.416 e. The van der Waals surface area contributed by atoms with Gasteiger partial charge >= 0.3 is 6.18 Å². The van der Waals surface area contributed by atoms with Crippen molar-refractivity contribution in [3.05, 3.63) is 59.9 Å². The Kier molecular flexibility index (Phi) is 6.08. The van der Waals surface area contributed by atoms with Gasteiger partial charge in [0.05, 0.1) is 17.8 Å². The van der Waals surface area contributed by atoms with E-state index in [1.807, 2.05) is 23.1 Å². The number of halogens is 3. The van der Waals surface area contributed by atoms with Crippen LogP contribution >= 0.6 is 0 Å². The molecule has 2 aromatic rings. The molecule has 0 radical (unpaired) electrons. The molecule has 27 heavy (non-hydrogen) atoms. The lowest BCUT2D eigenvalue weighted by molar-refractivity contribution is -0.137. The van der Waals surface area contributed by atoms with Gasteiger partial charge in [-0.1, -0.05) is 6.07 Å². The van der Waals surface area contributed by atoms with Gasteiger partial charge in [-0.3, -0.25) is 19.6 Å². The number of rotatable bonds is 5. The summed E-state index contributed by atoms with van der Waals surface area (Å²) in [7, 11) is 0. The third-order valence-corrected chi connectivity index (χ3v) is 4.44. The Labute approximate surface area is 155 Å². The highest BCUT2D eigenvalue weighted by Crippen LogP contribution is 2.29. The van der Waals surface area contributed by atoms with Crippen molar-refractivity contribution in [1.82, 2.24) is 14.8 Å². The van der Waals surface area contributed by atoms with E-state index in [1.165, 1.54) is 12.1 Å². The second-order valence-corrected chi connectivity index (χ2v) is 6.50. The minimum Gasteiger partial charge on any atom is -0.325 e. The number of nitrogens with one attached hydrogen (secondary N) is 1. The van der Waals surface area contributed by atoms with Gasteiger partial charge in [0, 0.05) is 44.6 Å². The highest BCUT2D eigenvalue weighted by Gasteiger charge is 2.30. The molecule has 0 saturated carbocycles. The minimum absolute atomic E-state index is 0.221. The summed E-state index contributed by atoms with van der Waals surface area (Å²) in [5.41, 5.74) is 0.650. The zero-order chi connectivity index (χ0) is 19.3. The van der Waals surface area contributed by atoms with Crippen LogP contribution in [0.2, 0.25) is 0 Å². The smallest absolute Gasteiger partial charge is 0.325 e. The maximum absolute atomic E-state index is 12.6. The number of alkyl halides is 3. The summed E-state index contributed by atoms with van der Waals surface area (Å²) in [5.74, 6) is -0.229. The summed E-state index contributed by atoms with van der Waals surface area (Å²) in [6.45, 7) is 4.19. The lowest BCUT2D eigenvalue weighted by Crippen LogP contribution is -2.48. The van der Waals surface area contributed by atoms with Crippen LogP contribution in [0.5, 0.6) is 0 Å². The SMILES string of the molecule is O=C(CN1CCN(Cc2ccccn2)CC1)Nc1ccc(C(F)(F)F)cc1. The molecule has 1 aromatic heterocycles. The van der Waals surface area contributed by atoms with Gasteiger partial charge in [0.15, 0.2) is 0 Å². The van der Waals surface area contributed by atoms with Gasteiger partial charge in [0.2, 0.25) is 5.91 Å². The first-order valence-corrected chi connectivity index (χ1v) is 8.72. The van der Waals surface area contributed by atoms with E-state index in [0.29, 0.717) is 5.69 Å². The second kappa shape index (κ2) is 8.49. The zero-order valence-electron chi connectivity index (χ0n) is 14.7. The third-order valence-electron chi connectivity index (χ3n) is 4.44. The maximum Gasteiger partial charge on any atom is 0.416 e. The number of nitrogens with zero attached hydrogens (tertiary/aromatic N) is 3. The van der Waals surface area contributed by atoms with Crippen LogP contribution < -0.4 is 5.32 Å². The Morgan fingerprint density at radius 3 is 2.26 bits per heavy atom. The molecule has 2 heterocycles. The molecule has 144 valence electrons. The third kappa shape index (κ3) is 5.77. The number of benzene rings is 1. The van der Waals surface area contributed by atoms with Crippen LogP contribution in [-0.2, 0) is 17.5 Å². The Morgan fingerprint density at radius 2 is 1.67 bits per heavy atom. The Hall–Kier alpha value is -2.45. The summed E-state index contributed by atoms with van der Waals surface area (Å²) < 4.78 is 37.7. The van der Waals surface area contributed by atoms with Gasteiger partial charge < -0.3 is 5.32 Å². The molecule has 1 fully saturated rings. The fourth-order valence-corrected chi connectivity index (χ4v) is 2.97. The predicted octanol–water partition coefficient (Wildman–Crippen LogP) is 2.86. The Balaban J connectivity index is 1.43. The Bertz CT molecular complexity index is 742. The minimum atomic E-state index is -4.38. The average Bonchev–Trinajstić information content (AvgIpc) is 2.64. The number of hydrogen-bond donors (Lipinski definition) is 1. The number of aromatic nitrogens is 1. The first-order chi connectivity index (χ1) is 12.9. The topological polar surface area (TPSA) is 48.5 Å². The van der Waals surface area contributed by atoms with Crippen LogP contribution in [0.15, 0.2) is 48.7 Å². The molecule has 1 aromatic carbocycles. The molecule has 3 rings (SSSR count). The quantitative estimate of drug-likeness (QED) is 0.869. The first-order valence-electron chi connectivity index (χ1n) is 8.72. The summed E-state index contributed by atoms with van der Waals surface area (Å²) in [6.07, 6.45) is -2.60. The molecule has 0 bridgehead atoms. The number of anilines is 1. The highest BCUT2D eigenvalue weighted by atomic mass is 19.4. The maximum atomic E-state index is 12.6. The van der Waals surface area contributed by atoms with E-state index in [2.05, 4.69) is 15.2 Å². The predicted molar refractivity (Wildman–Crippen MR) is 96.0 cm³/mol. The summed E-state index contributed by atoms with van der Waals surface area (Å²) in [4.78, 5) is 20.8. The Morgan fingerprint density at radius 1 is 1.00 bits per heavy atom. The number of carbonyl (C=O) groups is 1. The van der Waals surface area contributed by atoms with Crippen LogP contribution in [0, 0.1) is 0 Å². The van der Waals surface area contributed by atoms with E-state index in [1.54, 1.807) is 6.20 Å². The van der Waals surface area contributed by atoms with Gasteiger partial charge in [-0.2, -0.15) is 13.2 Å². The van der Waals surface area contributed by atoms with Crippen molar-refractivity contribution in [3.8, 4) is 0 Å². The number of carbonyl (C=O) groups excluding carboxylic acids is 1. The molecular formula is C19H21F3N4O. The second-order valence-electron chi connectivity index (χ2n) is 6.50. The fraction of sp³-hybridized carbons (Fsp3) is 0.368. The van der Waals surface area contributed by atoms with Gasteiger partial charge in [-0.25, -0.2) is 0 Å². The average molecular weight is 378 g/mol. The van der Waals surface area contributed by atoms with Crippen molar-refractivity contribution in [1.29, 1.82) is 0 Å². The number of hydrogen-bond acceptors (Lipinski definition) is 4. The molecule has 0 unspecified atom stereocenters. The summed E-state index contributed by atoms with van der Waals surface area (Å²) in [6, 6.07) is 10.3. The molecular weight excluding hydrogens is 357 g/mol. The number of piperazine rings is 1. The molecule has 0 atom stereocenters. The van der Waals surface area contributed by atoms with Gasteiger partial charge in [-0.05, 0) is 36.4 Å². The van der Waals surface area contributed by atoms with E-state index in [4.69, 9.17) is 0 Å². The fourth-order valence-electron chi connectivity index (χ4n) is 2.97. The van der Waals surface area contributed by atoms with E-state index in [9.17, 15) is 18.0 Å². The standard InChI is InChI=1S/C19H21F3N4O/c20-19(21,22)15-4-6-16(7-5-15)24-18(27)14-26-11-9-25(10-12-26)13-17-3-1-2-8-23-17/h1-8H,9-14H2,(H,24,27). The number of pyridine rings is 1. The molecule has 0 spiro atoms. The van der Waals surface area contributed by atoms with Crippen LogP contribution in [0.25, 0.3) is 0 Å². The van der Waals surface area contributed by atoms with Crippen molar-refractivity contribution in [2.24, 2.45) is 0 Å². The van der Waals surface area contributed by atoms with E-state index >= 15 is 0 Å². The number of amides is 1. The van der Waals surface area contributed by atoms with Crippen LogP contribution in [0.3, 0.4) is 0 Å². The van der Waals surface area contributed by atoms with E-state index in [0.717, 1.165) is 50.6 Å². The summed E-state index contributed by atoms with van der Waals surface area (Å²) in [5, 5.41) is 2.65. The molecule has 8 heteroatoms. The molecule has 5 nitrogen and oxygen atoms in total. The monoisotopic (exact) mass is 378 g/mol. The van der Waals surface area contributed by atoms with Gasteiger partial charge in [0.1, 0.15) is 0 Å². The zero-order valence-corrected chi connectivity index (χ0v) is 14.7. The molecule has 1 N–H and O–H groups in total. The molecule has 1 aliphatic rings. The van der Waals surface area contributed by atoms with Gasteiger partial charge in [-0.15, -0.1) is 0 Å². The molecule has 1 amide bonds. The summed E-state index contributed by atoms with van der Waals surface area (Å²) >= 11 is 0. The highest BCUT2D eigenvalue weighted by molar-refractivity contribution is 5.92. The molecule has 1 aliphatic heterocycles. The van der Waals surface area contributed by atoms with Gasteiger partial charge in [0.25, 0.3) is 0 Å². The van der Waals surface area contributed by atoms with Crippen molar-refractivity contribution >= 4 is 11.6 Å². The normalized spacial score (nSPS) is 16.3. The van der Waals surface area contributed by atoms with Crippen molar-refractivity contribution in [2.75, 3.05) is 38.0 Å². The van der Waals surface area contributed by atoms with Crippen LogP contribution in [0.4, 0.5) is 18.9 Å². The molecule has 1 saturated heterocycles. The van der Waals surface area contributed by atoms with E-state index < -0.39 is 11.7 Å². The van der Waals surface area contributed by atoms with E-state index in [-0.39, 0.29) is 12.5 Å². The van der Waals surface area contributed by atoms with Crippen LogP contribution in [0.1, 0.15) is 11.3 Å². The lowest BCUT2D eigenvalue weighted by atomic mass is 10.2. The van der Waals surface area contributed by atoms with Crippen molar-refractivity contribution < 1.29 is 18.0 Å².